The Morgan fingerprint density at radius 1 is 0.481 bits per heavy atom. The summed E-state index contributed by atoms with van der Waals surface area (Å²) in [6.45, 7) is 6.51. The van der Waals surface area contributed by atoms with E-state index in [9.17, 15) is 9.59 Å². The van der Waals surface area contributed by atoms with Gasteiger partial charge in [0.15, 0.2) is 0 Å². The zero-order chi connectivity index (χ0) is 51.9. The molecule has 0 spiro atoms. The van der Waals surface area contributed by atoms with E-state index in [4.69, 9.17) is 0 Å². The smallest absolute Gasteiger partial charge is 0.344 e. The van der Waals surface area contributed by atoms with E-state index >= 15 is 0 Å². The first-order chi connectivity index (χ1) is 37.3. The molecule has 2 aliphatic carbocycles. The molecule has 7 heteroatoms. The van der Waals surface area contributed by atoms with Gasteiger partial charge in [0.1, 0.15) is 11.4 Å². The number of carbonyl (C=O) groups is 2. The molecular weight excluding hydrogens is 992 g/mol. The normalized spacial score (nSPS) is 20.1. The van der Waals surface area contributed by atoms with E-state index in [1.54, 1.807) is 12.4 Å². The minimum absolute atomic E-state index is 0. The average Bonchev–Trinajstić information content (AvgIpc) is 4.38. The van der Waals surface area contributed by atoms with Crippen LogP contribution in [0.25, 0.3) is 21.5 Å². The van der Waals surface area contributed by atoms with E-state index in [1.807, 2.05) is 48.6 Å². The summed E-state index contributed by atoms with van der Waals surface area (Å²) >= 11 is 0. The van der Waals surface area contributed by atoms with Crippen molar-refractivity contribution in [3.05, 3.63) is 239 Å². The maximum Gasteiger partial charge on any atom is 2.00 e. The minimum atomic E-state index is -0.352. The molecule has 6 aromatic carbocycles. The van der Waals surface area contributed by atoms with Gasteiger partial charge in [-0.25, -0.2) is 0 Å². The van der Waals surface area contributed by atoms with Crippen molar-refractivity contribution in [1.29, 1.82) is 0 Å². The summed E-state index contributed by atoms with van der Waals surface area (Å²) in [6, 6.07) is 58.9. The van der Waals surface area contributed by atoms with Gasteiger partial charge in [0.2, 0.25) is 11.6 Å². The van der Waals surface area contributed by atoms with Crippen LogP contribution in [0.1, 0.15) is 134 Å². The Morgan fingerprint density at radius 2 is 0.857 bits per heavy atom. The first-order valence-corrected chi connectivity index (χ1v) is 28.3. The molecule has 2 aromatic heterocycles. The van der Waals surface area contributed by atoms with Crippen LogP contribution in [-0.2, 0) is 40.7 Å². The number of hydrogen-bond acceptors (Lipinski definition) is 6. The van der Waals surface area contributed by atoms with Crippen molar-refractivity contribution in [3.63, 3.8) is 0 Å². The van der Waals surface area contributed by atoms with Crippen molar-refractivity contribution in [2.75, 3.05) is 22.9 Å². The zero-order valence-corrected chi connectivity index (χ0v) is 45.8. The zero-order valence-electron chi connectivity index (χ0n) is 44.9. The van der Waals surface area contributed by atoms with Gasteiger partial charge in [-0.05, 0) is 144 Å². The fraction of sp³-hybridized carbons (Fsp3) is 0.314. The summed E-state index contributed by atoms with van der Waals surface area (Å²) in [5.74, 6) is 1.65. The van der Waals surface area contributed by atoms with Crippen LogP contribution < -0.4 is 9.80 Å². The van der Waals surface area contributed by atoms with Crippen molar-refractivity contribution in [2.45, 2.75) is 115 Å². The number of hydrogen-bond donors (Lipinski definition) is 0. The summed E-state index contributed by atoms with van der Waals surface area (Å²) < 4.78 is 0. The monoisotopic (exact) mass is 1060 g/mol. The second-order valence-corrected chi connectivity index (χ2v) is 22.5. The van der Waals surface area contributed by atoms with Gasteiger partial charge in [0.25, 0.3) is 0 Å². The third-order valence-electron chi connectivity index (χ3n) is 17.3. The molecule has 12 rings (SSSR count). The molecule has 2 fully saturated rings. The first kappa shape index (κ1) is 53.5. The van der Waals surface area contributed by atoms with Gasteiger partial charge < -0.3 is 9.80 Å². The number of rotatable bonds is 16. The van der Waals surface area contributed by atoms with Crippen molar-refractivity contribution in [2.24, 2.45) is 11.8 Å². The molecule has 4 aliphatic rings. The molecule has 1 radical (unpaired) electrons. The third-order valence-corrected chi connectivity index (χ3v) is 17.3. The quantitative estimate of drug-likeness (QED) is 0.0546. The van der Waals surface area contributed by atoms with Crippen LogP contribution in [0.2, 0.25) is 0 Å². The van der Waals surface area contributed by atoms with Gasteiger partial charge >= 0.3 is 17.1 Å². The predicted molar refractivity (Wildman–Crippen MR) is 313 cm³/mol. The molecule has 2 aliphatic heterocycles. The molecule has 0 saturated heterocycles. The molecule has 6 nitrogen and oxygen atoms in total. The van der Waals surface area contributed by atoms with Crippen LogP contribution in [-0.4, -0.2) is 34.6 Å². The number of ketones is 2. The van der Waals surface area contributed by atoms with Crippen LogP contribution in [0.3, 0.4) is 0 Å². The van der Waals surface area contributed by atoms with E-state index in [2.05, 4.69) is 167 Å². The van der Waals surface area contributed by atoms with Crippen molar-refractivity contribution in [3.8, 4) is 0 Å². The number of aromatic nitrogens is 2. The maximum absolute atomic E-state index is 13.6. The standard InChI is InChI=1S/2C35H36N2O.Cu/c2*1-35(25-27-14-3-2-4-15-27)33(24-32(38)30-19-9-10-22-36-30)37(23-11-16-26-12-5-6-13-26)31-21-20-28-17-7-8-18-29(28)34(31)35;/h2*2-4,7-10,14-15,17-22,24,26H,5-6,11-13,16,23,25H2,1H3;/q;;+2/b2*33-24-;. The van der Waals surface area contributed by atoms with Crippen molar-refractivity contribution in [1.82, 2.24) is 9.97 Å². The van der Waals surface area contributed by atoms with Crippen LogP contribution in [0.5, 0.6) is 0 Å². The average molecular weight is 1060 g/mol. The maximum atomic E-state index is 13.6. The van der Waals surface area contributed by atoms with E-state index in [0.29, 0.717) is 11.4 Å². The molecule has 0 bridgehead atoms. The Labute approximate surface area is 467 Å². The Hall–Kier alpha value is -6.92. The fourth-order valence-corrected chi connectivity index (χ4v) is 13.7. The molecule has 8 aromatic rings. The van der Waals surface area contributed by atoms with Crippen molar-refractivity contribution >= 4 is 44.5 Å². The molecule has 0 N–H and O–H groups in total. The van der Waals surface area contributed by atoms with E-state index in [1.165, 1.54) is 119 Å². The largest absolute Gasteiger partial charge is 2.00 e. The Balaban J connectivity index is 0.000000172. The molecule has 4 heterocycles. The summed E-state index contributed by atoms with van der Waals surface area (Å²) in [5.41, 5.74) is 10.2. The summed E-state index contributed by atoms with van der Waals surface area (Å²) in [7, 11) is 0. The van der Waals surface area contributed by atoms with E-state index in [0.717, 1.165) is 62.0 Å². The van der Waals surface area contributed by atoms with Gasteiger partial charge in [0.05, 0.1) is 0 Å². The summed E-state index contributed by atoms with van der Waals surface area (Å²) in [6.07, 6.45) is 24.6. The second-order valence-electron chi connectivity index (χ2n) is 22.5. The van der Waals surface area contributed by atoms with E-state index in [-0.39, 0.29) is 39.5 Å². The number of anilines is 2. The predicted octanol–water partition coefficient (Wildman–Crippen LogP) is 16.6. The number of fused-ring (bicyclic) bond motifs is 6. The SMILES string of the molecule is CC1(Cc2ccccc2)/C(=C/C(=O)c2ccccn2)N(CCCC2CCCC2)c2ccc3ccccc3c21.CC1(Cc2ccccc2)/C(=C/C(=O)c2ccccn2)N(CCCC2CCCC2)c2ccc3ccccc3c21.[Cu+2]. The molecule has 2 saturated carbocycles. The number of pyridine rings is 2. The third kappa shape index (κ3) is 11.4. The van der Waals surface area contributed by atoms with Crippen LogP contribution in [0, 0.1) is 11.8 Å². The number of nitrogens with zero attached hydrogens (tertiary/aromatic N) is 4. The summed E-state index contributed by atoms with van der Waals surface area (Å²) in [5, 5.41) is 5.04. The molecular formula is C70H72CuN4O2+2. The number of allylic oxidation sites excluding steroid dienone is 4. The molecule has 77 heavy (non-hydrogen) atoms. The molecule has 2 atom stereocenters. The molecule has 393 valence electrons. The van der Waals surface area contributed by atoms with E-state index < -0.39 is 0 Å². The van der Waals surface area contributed by atoms with Gasteiger partial charge in [-0.3, -0.25) is 19.6 Å². The van der Waals surface area contributed by atoms with Crippen LogP contribution >= 0.6 is 0 Å². The minimum Gasteiger partial charge on any atom is -0.344 e. The topological polar surface area (TPSA) is 66.4 Å². The Morgan fingerprint density at radius 3 is 1.25 bits per heavy atom. The van der Waals surface area contributed by atoms with Gasteiger partial charge in [-0.1, -0.05) is 185 Å². The molecule has 2 unspecified atom stereocenters. The number of benzene rings is 6. The first-order valence-electron chi connectivity index (χ1n) is 28.3. The van der Waals surface area contributed by atoms with Crippen LogP contribution in [0.15, 0.2) is 206 Å². The number of carbonyl (C=O) groups excluding carboxylic acids is 2. The van der Waals surface area contributed by atoms with Crippen molar-refractivity contribution < 1.29 is 26.7 Å². The van der Waals surface area contributed by atoms with Gasteiger partial charge in [-0.15, -0.1) is 0 Å². The van der Waals surface area contributed by atoms with Gasteiger partial charge in [-0.2, -0.15) is 0 Å². The molecule has 0 amide bonds. The Bertz CT molecular complexity index is 3140. The van der Waals surface area contributed by atoms with Crippen LogP contribution in [0.4, 0.5) is 11.4 Å². The fourth-order valence-electron chi connectivity index (χ4n) is 13.7. The summed E-state index contributed by atoms with van der Waals surface area (Å²) in [4.78, 5) is 40.9. The van der Waals surface area contributed by atoms with Gasteiger partial charge in [0, 0.05) is 71.2 Å². The second kappa shape index (κ2) is 24.2. The Kier molecular flexibility index (Phi) is 16.8.